The number of hydrogen-bond donors (Lipinski definition) is 4. The van der Waals surface area contributed by atoms with Crippen molar-refractivity contribution in [1.29, 1.82) is 5.41 Å². The third-order valence-electron chi connectivity index (χ3n) is 9.90. The molecule has 14 nitrogen and oxygen atoms in total. The van der Waals surface area contributed by atoms with E-state index in [1.807, 2.05) is 38.1 Å². The minimum absolute atomic E-state index is 0.0307. The number of aliphatic hydroxyl groups excluding tert-OH is 1. The number of halogens is 3. The Morgan fingerprint density at radius 2 is 1.62 bits per heavy atom. The Morgan fingerprint density at radius 1 is 1.05 bits per heavy atom. The van der Waals surface area contributed by atoms with Gasteiger partial charge in [0.1, 0.15) is 40.3 Å². The first kappa shape index (κ1) is 42.3. The molecule has 2 amide bonds. The van der Waals surface area contributed by atoms with E-state index in [2.05, 4.69) is 9.95 Å². The fourth-order valence-corrected chi connectivity index (χ4v) is 9.20. The second-order valence-electron chi connectivity index (χ2n) is 14.6. The molecule has 18 heteroatoms. The van der Waals surface area contributed by atoms with Crippen LogP contribution in [-0.2, 0) is 21.1 Å². The number of amides is 2. The number of hydrogen-bond acceptors (Lipinski definition) is 9. The summed E-state index contributed by atoms with van der Waals surface area (Å²) in [6.07, 6.45) is -0.0946. The van der Waals surface area contributed by atoms with Gasteiger partial charge < -0.3 is 14.7 Å². The van der Waals surface area contributed by atoms with Gasteiger partial charge in [-0.1, -0.05) is 59.1 Å². The fraction of sp³-hybridized carbons (Fsp3) is 0.432. The van der Waals surface area contributed by atoms with Crippen molar-refractivity contribution in [1.82, 2.24) is 19.4 Å². The maximum absolute atomic E-state index is 15.3. The average molecular weight is 836 g/mol. The molecule has 3 atom stereocenters. The van der Waals surface area contributed by atoms with Gasteiger partial charge in [-0.15, -0.1) is 4.70 Å². The predicted molar refractivity (Wildman–Crippen MR) is 214 cm³/mol. The lowest BCUT2D eigenvalue weighted by molar-refractivity contribution is -0.493. The highest BCUT2D eigenvalue weighted by Crippen LogP contribution is 2.54. The fourth-order valence-electron chi connectivity index (χ4n) is 6.98. The van der Waals surface area contributed by atoms with Crippen molar-refractivity contribution in [2.75, 3.05) is 39.3 Å². The molecule has 2 aliphatic rings. The molecule has 3 aromatic carbocycles. The topological polar surface area (TPSA) is 180 Å². The van der Waals surface area contributed by atoms with E-state index in [9.17, 15) is 13.5 Å². The number of urea groups is 1. The van der Waals surface area contributed by atoms with Crippen LogP contribution in [-0.4, -0.2) is 102 Å². The van der Waals surface area contributed by atoms with Crippen molar-refractivity contribution >= 4 is 63.0 Å². The number of aliphatic hydroxyl groups is 1. The zero-order valence-corrected chi connectivity index (χ0v) is 34.6. The smallest absolute Gasteiger partial charge is 0.326 e. The van der Waals surface area contributed by atoms with Crippen LogP contribution in [0, 0.1) is 5.41 Å². The van der Waals surface area contributed by atoms with Gasteiger partial charge in [0.05, 0.1) is 17.2 Å². The van der Waals surface area contributed by atoms with Gasteiger partial charge in [0.2, 0.25) is 16.4 Å². The number of nitrogens with one attached hydrogen (secondary N) is 2. The minimum atomic E-state index is -4.19. The number of rotatable bonds is 11. The van der Waals surface area contributed by atoms with Crippen LogP contribution in [0.4, 0.5) is 4.79 Å². The number of nitrogens with zero attached hydrogens (tertiary/aromatic N) is 6. The number of carbonyl (C=O) groups excluding carboxylic acids is 1. The van der Waals surface area contributed by atoms with E-state index in [0.29, 0.717) is 28.7 Å². The minimum Gasteiger partial charge on any atom is -0.493 e. The number of piperazine rings is 1. The van der Waals surface area contributed by atoms with Crippen molar-refractivity contribution in [2.24, 2.45) is 16.1 Å². The lowest BCUT2D eigenvalue weighted by Crippen LogP contribution is -2.61. The highest BCUT2D eigenvalue weighted by atomic mass is 35.5. The van der Waals surface area contributed by atoms with Crippen LogP contribution in [0.15, 0.2) is 75.8 Å². The molecule has 0 spiro atoms. The summed E-state index contributed by atoms with van der Waals surface area (Å²) in [5.41, 5.74) is -1.65. The molecule has 1 fully saturated rings. The molecule has 5 rings (SSSR count). The zero-order valence-electron chi connectivity index (χ0n) is 31.6. The summed E-state index contributed by atoms with van der Waals surface area (Å²) >= 11 is 19.5. The number of aliphatic imine (C=N–C) groups is 1. The van der Waals surface area contributed by atoms with Crippen molar-refractivity contribution in [2.45, 2.75) is 69.3 Å². The van der Waals surface area contributed by atoms with Gasteiger partial charge in [-0.25, -0.2) is 23.8 Å². The predicted octanol–water partition coefficient (Wildman–Crippen LogP) is 6.02. The Balaban J connectivity index is 1.74. The van der Waals surface area contributed by atoms with Crippen molar-refractivity contribution in [3.63, 3.8) is 0 Å². The molecule has 1 saturated heterocycles. The summed E-state index contributed by atoms with van der Waals surface area (Å²) in [5, 5.41) is 22.8. The Labute approximate surface area is 337 Å². The van der Waals surface area contributed by atoms with Crippen LogP contribution in [0.25, 0.3) is 0 Å². The monoisotopic (exact) mass is 834 g/mol. The van der Waals surface area contributed by atoms with Gasteiger partial charge in [0, 0.05) is 53.1 Å². The molecule has 2 heterocycles. The quantitative estimate of drug-likeness (QED) is 0.0456. The summed E-state index contributed by atoms with van der Waals surface area (Å²) in [6.45, 7) is 12.0. The lowest BCUT2D eigenvalue weighted by atomic mass is 9.71. The van der Waals surface area contributed by atoms with Crippen LogP contribution >= 0.6 is 34.8 Å². The molecule has 0 aromatic heterocycles. The molecule has 55 heavy (non-hydrogen) atoms. The average Bonchev–Trinajstić information content (AvgIpc) is 3.37. The molecule has 0 radical (unpaired) electrons. The van der Waals surface area contributed by atoms with Crippen molar-refractivity contribution in [3.8, 4) is 5.75 Å². The molecule has 296 valence electrons. The Kier molecular flexibility index (Phi) is 12.6. The molecule has 5 N–H and O–H groups in total. The maximum Gasteiger partial charge on any atom is 0.326 e. The molecule has 2 aliphatic heterocycles. The van der Waals surface area contributed by atoms with Gasteiger partial charge in [-0.2, -0.15) is 5.41 Å². The molecule has 1 unspecified atom stereocenters. The van der Waals surface area contributed by atoms with Gasteiger partial charge in [0.15, 0.2) is 0 Å². The number of nitrogens with two attached hydrogens (primary N) is 1. The SMILES string of the molecule is CCOc1cc(Cl)c(S(=O)(=O)NC(C)(C)C)cc1C1=N[C@@](C)(c2ccc(Cl)cc2)[C@@](C)(c2ccc(Cl)cc2)N1C(=O)N1CCN(C(O)C[N+](C=N)=NN)CC1. The molecule has 3 aromatic rings. The third-order valence-corrected chi connectivity index (χ3v) is 12.6. The Morgan fingerprint density at radius 3 is 2.13 bits per heavy atom. The maximum atomic E-state index is 15.3. The number of sulfonamides is 1. The largest absolute Gasteiger partial charge is 0.493 e. The van der Waals surface area contributed by atoms with Gasteiger partial charge in [-0.3, -0.25) is 14.8 Å². The highest BCUT2D eigenvalue weighted by Gasteiger charge is 2.60. The second kappa shape index (κ2) is 16.3. The van der Waals surface area contributed by atoms with E-state index >= 15 is 4.79 Å². The molecule has 0 saturated carbocycles. The van der Waals surface area contributed by atoms with Crippen molar-refractivity contribution < 1.29 is 27.8 Å². The van der Waals surface area contributed by atoms with Crippen LogP contribution in [0.1, 0.15) is 58.2 Å². The van der Waals surface area contributed by atoms with E-state index in [-0.39, 0.29) is 53.3 Å². The van der Waals surface area contributed by atoms with Crippen LogP contribution < -0.4 is 15.3 Å². The summed E-state index contributed by atoms with van der Waals surface area (Å²) < 4.78 is 37.6. The lowest BCUT2D eigenvalue weighted by Gasteiger charge is -2.47. The third kappa shape index (κ3) is 8.48. The summed E-state index contributed by atoms with van der Waals surface area (Å²) in [5.74, 6) is 5.72. The van der Waals surface area contributed by atoms with E-state index in [0.717, 1.165) is 16.6 Å². The summed E-state index contributed by atoms with van der Waals surface area (Å²) in [4.78, 5) is 25.5. The van der Waals surface area contributed by atoms with Gasteiger partial charge in [0.25, 0.3) is 0 Å². The second-order valence-corrected chi connectivity index (χ2v) is 17.6. The van der Waals surface area contributed by atoms with Crippen LogP contribution in [0.5, 0.6) is 5.75 Å². The molecular weight excluding hydrogens is 789 g/mol. The first-order chi connectivity index (χ1) is 25.8. The van der Waals surface area contributed by atoms with Gasteiger partial charge >= 0.3 is 6.03 Å². The highest BCUT2D eigenvalue weighted by molar-refractivity contribution is 7.89. The zero-order chi connectivity index (χ0) is 40.5. The first-order valence-corrected chi connectivity index (χ1v) is 20.2. The Bertz CT molecular complexity index is 2090. The molecule has 0 aliphatic carbocycles. The Hall–Kier alpha value is -3.83. The number of carbonyl (C=O) groups is 1. The molecular formula is C37H47Cl3N9O5S+. The van der Waals surface area contributed by atoms with Gasteiger partial charge in [-0.05, 0) is 83.0 Å². The van der Waals surface area contributed by atoms with Crippen molar-refractivity contribution in [3.05, 3.63) is 92.4 Å². The van der Waals surface area contributed by atoms with E-state index in [1.165, 1.54) is 12.1 Å². The standard InChI is InChI=1S/C37H46Cl3N9O5S/c1-7-54-30-21-29(40)31(55(52,53)44-35(2,3)4)20-28(30)33-43-36(5,24-8-12-26(38)13-9-24)37(6,25-10-14-27(39)15-11-25)49(33)34(51)47-18-16-46(17-19-47)32(50)22-48(23-41)45-42/h8-15,20-21,23,32,41-42,44,50H,7,16-19,22H2,1-6H3/p+1/t32?,36-,37+/m0/s1. The van der Waals surface area contributed by atoms with Crippen LogP contribution in [0.3, 0.4) is 0 Å². The number of amidine groups is 1. The normalized spacial score (nSPS) is 21.7. The number of benzene rings is 3. The van der Waals surface area contributed by atoms with E-state index < -0.39 is 38.9 Å². The molecule has 0 bridgehead atoms. The summed E-state index contributed by atoms with van der Waals surface area (Å²) in [6, 6.07) is 16.8. The summed E-state index contributed by atoms with van der Waals surface area (Å²) in [7, 11) is -4.19. The first-order valence-electron chi connectivity index (χ1n) is 17.6. The van der Waals surface area contributed by atoms with E-state index in [1.54, 1.807) is 66.7 Å². The van der Waals surface area contributed by atoms with E-state index in [4.69, 9.17) is 55.8 Å². The van der Waals surface area contributed by atoms with Crippen LogP contribution in [0.2, 0.25) is 15.1 Å². The number of ether oxygens (including phenoxy) is 1.